The Labute approximate surface area is 112 Å². The van der Waals surface area contributed by atoms with Crippen molar-refractivity contribution in [1.82, 2.24) is 5.32 Å². The van der Waals surface area contributed by atoms with E-state index in [1.165, 1.54) is 5.56 Å². The molecule has 0 aliphatic rings. The van der Waals surface area contributed by atoms with Gasteiger partial charge in [-0.25, -0.2) is 0 Å². The summed E-state index contributed by atoms with van der Waals surface area (Å²) in [4.78, 5) is 0. The molecule has 0 aliphatic heterocycles. The van der Waals surface area contributed by atoms with E-state index in [4.69, 9.17) is 4.74 Å². The highest BCUT2D eigenvalue weighted by molar-refractivity contribution is 14.1. The van der Waals surface area contributed by atoms with Crippen LogP contribution >= 0.6 is 22.6 Å². The lowest BCUT2D eigenvalue weighted by atomic mass is 10.1. The largest absolute Gasteiger partial charge is 0.497 e. The molecule has 1 aromatic rings. The molecular weight excluding hydrogens is 313 g/mol. The van der Waals surface area contributed by atoms with Gasteiger partial charge in [-0.05, 0) is 23.6 Å². The summed E-state index contributed by atoms with van der Waals surface area (Å²) < 4.78 is 6.34. The van der Waals surface area contributed by atoms with Crippen LogP contribution in [-0.2, 0) is 6.54 Å². The van der Waals surface area contributed by atoms with Gasteiger partial charge in [0.15, 0.2) is 0 Å². The summed E-state index contributed by atoms with van der Waals surface area (Å²) in [5.74, 6) is 1.59. The molecule has 1 unspecified atom stereocenters. The summed E-state index contributed by atoms with van der Waals surface area (Å²) in [6.07, 6.45) is 0. The Morgan fingerprint density at radius 2 is 2.12 bits per heavy atom. The van der Waals surface area contributed by atoms with Crippen molar-refractivity contribution in [1.29, 1.82) is 0 Å². The minimum absolute atomic E-state index is 0.576. The van der Waals surface area contributed by atoms with E-state index in [0.717, 1.165) is 16.7 Å². The van der Waals surface area contributed by atoms with Crippen molar-refractivity contribution < 1.29 is 4.74 Å². The molecule has 0 aromatic heterocycles. The normalized spacial score (nSPS) is 12.8. The summed E-state index contributed by atoms with van der Waals surface area (Å²) >= 11 is 2.43. The summed E-state index contributed by atoms with van der Waals surface area (Å²) in [6, 6.07) is 8.79. The monoisotopic (exact) mass is 333 g/mol. The second kappa shape index (κ2) is 7.12. The molecule has 1 rings (SSSR count). The van der Waals surface area contributed by atoms with E-state index in [0.29, 0.717) is 12.0 Å². The Morgan fingerprint density at radius 3 is 2.69 bits per heavy atom. The molecule has 1 atom stereocenters. The summed E-state index contributed by atoms with van der Waals surface area (Å²) in [6.45, 7) is 5.41. The first kappa shape index (κ1) is 13.8. The van der Waals surface area contributed by atoms with E-state index < -0.39 is 0 Å². The van der Waals surface area contributed by atoms with Gasteiger partial charge in [0.05, 0.1) is 7.11 Å². The Kier molecular flexibility index (Phi) is 6.13. The smallest absolute Gasteiger partial charge is 0.119 e. The SMILES string of the molecule is COc1cccc(CNC(CI)C(C)C)c1. The highest BCUT2D eigenvalue weighted by atomic mass is 127. The van der Waals surface area contributed by atoms with Gasteiger partial charge in [0.2, 0.25) is 0 Å². The molecule has 16 heavy (non-hydrogen) atoms. The van der Waals surface area contributed by atoms with Crippen molar-refractivity contribution in [2.24, 2.45) is 5.92 Å². The van der Waals surface area contributed by atoms with Gasteiger partial charge in [0.25, 0.3) is 0 Å². The maximum Gasteiger partial charge on any atom is 0.119 e. The first-order valence-corrected chi connectivity index (χ1v) is 7.12. The minimum atomic E-state index is 0.576. The zero-order chi connectivity index (χ0) is 12.0. The number of hydrogen-bond acceptors (Lipinski definition) is 2. The lowest BCUT2D eigenvalue weighted by Gasteiger charge is -2.20. The van der Waals surface area contributed by atoms with Gasteiger partial charge in [-0.3, -0.25) is 0 Å². The zero-order valence-corrected chi connectivity index (χ0v) is 12.3. The van der Waals surface area contributed by atoms with Gasteiger partial charge in [-0.2, -0.15) is 0 Å². The number of nitrogens with one attached hydrogen (secondary N) is 1. The van der Waals surface area contributed by atoms with Crippen LogP contribution in [0.25, 0.3) is 0 Å². The Bertz CT molecular complexity index is 315. The molecule has 0 aliphatic carbocycles. The van der Waals surface area contributed by atoms with Crippen molar-refractivity contribution >= 4 is 22.6 Å². The predicted octanol–water partition coefficient (Wildman–Crippen LogP) is 3.24. The minimum Gasteiger partial charge on any atom is -0.497 e. The maximum atomic E-state index is 5.21. The van der Waals surface area contributed by atoms with Gasteiger partial charge < -0.3 is 10.1 Å². The van der Waals surface area contributed by atoms with Crippen molar-refractivity contribution in [3.05, 3.63) is 29.8 Å². The van der Waals surface area contributed by atoms with E-state index in [9.17, 15) is 0 Å². The van der Waals surface area contributed by atoms with Crippen LogP contribution in [0.2, 0.25) is 0 Å². The van der Waals surface area contributed by atoms with Crippen LogP contribution < -0.4 is 10.1 Å². The number of hydrogen-bond donors (Lipinski definition) is 1. The highest BCUT2D eigenvalue weighted by Crippen LogP contribution is 2.13. The van der Waals surface area contributed by atoms with E-state index in [1.54, 1.807) is 7.11 Å². The molecule has 1 N–H and O–H groups in total. The highest BCUT2D eigenvalue weighted by Gasteiger charge is 2.10. The molecule has 1 aromatic carbocycles. The van der Waals surface area contributed by atoms with E-state index >= 15 is 0 Å². The number of benzene rings is 1. The van der Waals surface area contributed by atoms with Gasteiger partial charge in [-0.1, -0.05) is 48.6 Å². The number of ether oxygens (including phenoxy) is 1. The molecule has 0 radical (unpaired) electrons. The zero-order valence-electron chi connectivity index (χ0n) is 10.2. The average Bonchev–Trinajstić information content (AvgIpc) is 2.29. The van der Waals surface area contributed by atoms with Gasteiger partial charge in [0.1, 0.15) is 5.75 Å². The third-order valence-corrected chi connectivity index (χ3v) is 3.62. The first-order chi connectivity index (χ1) is 7.67. The second-order valence-electron chi connectivity index (χ2n) is 4.24. The Hall–Kier alpha value is -0.290. The molecule has 0 fully saturated rings. The molecule has 90 valence electrons. The summed E-state index contributed by atoms with van der Waals surface area (Å²) in [7, 11) is 1.70. The molecule has 3 heteroatoms. The van der Waals surface area contributed by atoms with Crippen LogP contribution in [0.3, 0.4) is 0 Å². The Morgan fingerprint density at radius 1 is 1.38 bits per heavy atom. The fourth-order valence-electron chi connectivity index (χ4n) is 1.50. The maximum absolute atomic E-state index is 5.21. The van der Waals surface area contributed by atoms with Gasteiger partial charge in [0, 0.05) is 17.0 Å². The molecule has 0 heterocycles. The second-order valence-corrected chi connectivity index (χ2v) is 5.12. The van der Waals surface area contributed by atoms with Crippen molar-refractivity contribution in [3.8, 4) is 5.75 Å². The van der Waals surface area contributed by atoms with Crippen molar-refractivity contribution in [2.75, 3.05) is 11.5 Å². The molecular formula is C13H20INO. The van der Waals surface area contributed by atoms with E-state index in [1.807, 2.05) is 12.1 Å². The molecule has 0 bridgehead atoms. The van der Waals surface area contributed by atoms with Crippen LogP contribution in [0.5, 0.6) is 5.75 Å². The number of methoxy groups -OCH3 is 1. The predicted molar refractivity (Wildman–Crippen MR) is 77.3 cm³/mol. The molecule has 0 saturated heterocycles. The molecule has 2 nitrogen and oxygen atoms in total. The van der Waals surface area contributed by atoms with Crippen LogP contribution in [0, 0.1) is 5.92 Å². The van der Waals surface area contributed by atoms with Crippen LogP contribution in [0.1, 0.15) is 19.4 Å². The van der Waals surface area contributed by atoms with Crippen LogP contribution in [0.4, 0.5) is 0 Å². The van der Waals surface area contributed by atoms with Gasteiger partial charge in [-0.15, -0.1) is 0 Å². The molecule has 0 spiro atoms. The molecule has 0 amide bonds. The van der Waals surface area contributed by atoms with E-state index in [2.05, 4.69) is 53.9 Å². The van der Waals surface area contributed by atoms with Gasteiger partial charge >= 0.3 is 0 Å². The van der Waals surface area contributed by atoms with Crippen molar-refractivity contribution in [2.45, 2.75) is 26.4 Å². The fourth-order valence-corrected chi connectivity index (χ4v) is 2.83. The quantitative estimate of drug-likeness (QED) is 0.637. The third-order valence-electron chi connectivity index (χ3n) is 2.67. The van der Waals surface area contributed by atoms with E-state index in [-0.39, 0.29) is 0 Å². The van der Waals surface area contributed by atoms with Crippen molar-refractivity contribution in [3.63, 3.8) is 0 Å². The number of alkyl halides is 1. The lowest BCUT2D eigenvalue weighted by molar-refractivity contribution is 0.412. The topological polar surface area (TPSA) is 21.3 Å². The third kappa shape index (κ3) is 4.29. The summed E-state index contributed by atoms with van der Waals surface area (Å²) in [5, 5.41) is 3.57. The average molecular weight is 333 g/mol. The number of rotatable bonds is 6. The van der Waals surface area contributed by atoms with Crippen LogP contribution in [0.15, 0.2) is 24.3 Å². The lowest BCUT2D eigenvalue weighted by Crippen LogP contribution is -2.34. The summed E-state index contributed by atoms with van der Waals surface area (Å²) in [5.41, 5.74) is 1.27. The first-order valence-electron chi connectivity index (χ1n) is 5.59. The standard InChI is InChI=1S/C13H20INO/c1-10(2)13(8-14)15-9-11-5-4-6-12(7-11)16-3/h4-7,10,13,15H,8-9H2,1-3H3. The Balaban J connectivity index is 2.53. The molecule has 0 saturated carbocycles. The van der Waals surface area contributed by atoms with Crippen LogP contribution in [-0.4, -0.2) is 17.6 Å². The number of halogens is 1. The fraction of sp³-hybridized carbons (Fsp3) is 0.538.